The van der Waals surface area contributed by atoms with Crippen LogP contribution in [-0.2, 0) is 5.41 Å². The van der Waals surface area contributed by atoms with Crippen molar-refractivity contribution >= 4 is 43.1 Å². The zero-order valence-corrected chi connectivity index (χ0v) is 35.5. The van der Waals surface area contributed by atoms with Crippen molar-refractivity contribution in [1.82, 2.24) is 9.97 Å². The van der Waals surface area contributed by atoms with Crippen LogP contribution >= 0.6 is 0 Å². The van der Waals surface area contributed by atoms with Crippen LogP contribution < -0.4 is 0 Å². The first-order valence-electron chi connectivity index (χ1n) is 22.4. The standard InChI is InChI=1S/C63H40N2/c1-4-20-42(21-5-1)62-64-58(40-59(65-62)55-33-18-32-54-50-31-16-17-34-57(50)63(61(54)55,44-23-6-2-7-24-44)45-25-8-3-9-26-45)51-37-38-52(49-30-15-14-29-48(49)51)60-47-28-13-11-22-43(47)39-56-46-27-12-10-19-41(46)35-36-53(56)60/h1-40H. The molecule has 302 valence electrons. The van der Waals surface area contributed by atoms with Crippen molar-refractivity contribution in [3.63, 3.8) is 0 Å². The number of rotatable bonds is 6. The second-order valence-corrected chi connectivity index (χ2v) is 17.1. The Bertz CT molecular complexity index is 3780. The first kappa shape index (κ1) is 37.1. The smallest absolute Gasteiger partial charge is 0.160 e. The molecule has 0 aliphatic heterocycles. The predicted molar refractivity (Wildman–Crippen MR) is 271 cm³/mol. The van der Waals surface area contributed by atoms with E-state index < -0.39 is 5.41 Å². The summed E-state index contributed by atoms with van der Waals surface area (Å²) < 4.78 is 0. The van der Waals surface area contributed by atoms with Gasteiger partial charge in [0.25, 0.3) is 0 Å². The van der Waals surface area contributed by atoms with Gasteiger partial charge in [-0.05, 0) is 99.7 Å². The molecule has 1 aliphatic rings. The second kappa shape index (κ2) is 14.8. The van der Waals surface area contributed by atoms with Crippen molar-refractivity contribution in [2.75, 3.05) is 0 Å². The minimum absolute atomic E-state index is 0.593. The maximum Gasteiger partial charge on any atom is 0.160 e. The summed E-state index contributed by atoms with van der Waals surface area (Å²) in [5, 5.41) is 9.81. The number of nitrogens with zero attached hydrogens (tertiary/aromatic N) is 2. The summed E-state index contributed by atoms with van der Waals surface area (Å²) in [4.78, 5) is 11.0. The Balaban J connectivity index is 1.09. The predicted octanol–water partition coefficient (Wildman–Crippen LogP) is 16.1. The van der Waals surface area contributed by atoms with Gasteiger partial charge in [-0.15, -0.1) is 0 Å². The normalized spacial score (nSPS) is 12.7. The van der Waals surface area contributed by atoms with Gasteiger partial charge < -0.3 is 0 Å². The number of benzene rings is 11. The lowest BCUT2D eigenvalue weighted by Gasteiger charge is -2.35. The van der Waals surface area contributed by atoms with E-state index in [4.69, 9.17) is 9.97 Å². The Hall–Kier alpha value is -8.46. The second-order valence-electron chi connectivity index (χ2n) is 17.1. The largest absolute Gasteiger partial charge is 0.228 e. The molecule has 1 heterocycles. The minimum atomic E-state index is -0.593. The van der Waals surface area contributed by atoms with Gasteiger partial charge in [-0.1, -0.05) is 231 Å². The fraction of sp³-hybridized carbons (Fsp3) is 0.0159. The van der Waals surface area contributed by atoms with Crippen molar-refractivity contribution in [3.05, 3.63) is 265 Å². The Kier molecular flexibility index (Phi) is 8.47. The monoisotopic (exact) mass is 824 g/mol. The number of hydrogen-bond donors (Lipinski definition) is 0. The molecule has 65 heavy (non-hydrogen) atoms. The Labute approximate surface area is 377 Å². The zero-order chi connectivity index (χ0) is 42.9. The lowest BCUT2D eigenvalue weighted by Crippen LogP contribution is -2.29. The molecule has 1 aliphatic carbocycles. The van der Waals surface area contributed by atoms with Gasteiger partial charge in [0.2, 0.25) is 0 Å². The maximum absolute atomic E-state index is 5.52. The van der Waals surface area contributed by atoms with E-state index in [1.54, 1.807) is 0 Å². The molecule has 1 aromatic heterocycles. The summed E-state index contributed by atoms with van der Waals surface area (Å²) in [6.45, 7) is 0. The average molecular weight is 825 g/mol. The van der Waals surface area contributed by atoms with Crippen LogP contribution in [0.3, 0.4) is 0 Å². The molecule has 11 aromatic carbocycles. The molecular weight excluding hydrogens is 785 g/mol. The third kappa shape index (κ3) is 5.67. The summed E-state index contributed by atoms with van der Waals surface area (Å²) in [6, 6.07) is 88.3. The van der Waals surface area contributed by atoms with E-state index in [1.165, 1.54) is 82.2 Å². The number of fused-ring (bicyclic) bond motifs is 8. The van der Waals surface area contributed by atoms with Crippen LogP contribution in [0, 0.1) is 0 Å². The van der Waals surface area contributed by atoms with Gasteiger partial charge in [-0.25, -0.2) is 9.97 Å². The number of hydrogen-bond acceptors (Lipinski definition) is 2. The van der Waals surface area contributed by atoms with Crippen molar-refractivity contribution in [2.45, 2.75) is 5.41 Å². The molecule has 0 radical (unpaired) electrons. The Morgan fingerprint density at radius 2 is 0.831 bits per heavy atom. The molecule has 0 saturated carbocycles. The van der Waals surface area contributed by atoms with Crippen LogP contribution in [-0.4, -0.2) is 9.97 Å². The molecule has 0 saturated heterocycles. The van der Waals surface area contributed by atoms with Gasteiger partial charge >= 0.3 is 0 Å². The highest BCUT2D eigenvalue weighted by Gasteiger charge is 2.47. The van der Waals surface area contributed by atoms with Crippen molar-refractivity contribution in [3.8, 4) is 56.2 Å². The van der Waals surface area contributed by atoms with Crippen molar-refractivity contribution < 1.29 is 0 Å². The summed E-state index contributed by atoms with van der Waals surface area (Å²) in [7, 11) is 0. The van der Waals surface area contributed by atoms with Crippen LogP contribution in [0.25, 0.3) is 99.2 Å². The molecule has 0 bridgehead atoms. The topological polar surface area (TPSA) is 25.8 Å². The molecule has 12 aromatic rings. The van der Waals surface area contributed by atoms with Crippen LogP contribution in [0.1, 0.15) is 22.3 Å². The van der Waals surface area contributed by atoms with E-state index in [-0.39, 0.29) is 0 Å². The fourth-order valence-electron chi connectivity index (χ4n) is 11.0. The van der Waals surface area contributed by atoms with Gasteiger partial charge in [0.05, 0.1) is 16.8 Å². The highest BCUT2D eigenvalue weighted by Crippen LogP contribution is 2.58. The van der Waals surface area contributed by atoms with Crippen LogP contribution in [0.2, 0.25) is 0 Å². The molecule has 2 heteroatoms. The summed E-state index contributed by atoms with van der Waals surface area (Å²) in [5.41, 5.74) is 14.1. The summed E-state index contributed by atoms with van der Waals surface area (Å²) in [6.07, 6.45) is 0. The van der Waals surface area contributed by atoms with E-state index >= 15 is 0 Å². The van der Waals surface area contributed by atoms with E-state index in [0.29, 0.717) is 5.82 Å². The Morgan fingerprint density at radius 3 is 1.57 bits per heavy atom. The first-order chi connectivity index (χ1) is 32.3. The summed E-state index contributed by atoms with van der Waals surface area (Å²) >= 11 is 0. The molecule has 0 spiro atoms. The number of aromatic nitrogens is 2. The third-order valence-corrected chi connectivity index (χ3v) is 13.7. The van der Waals surface area contributed by atoms with Gasteiger partial charge in [0.1, 0.15) is 0 Å². The SMILES string of the molecule is c1ccc(-c2nc(-c3cccc4c3C(c3ccccc3)(c3ccccc3)c3ccccc3-4)cc(-c3ccc(-c4c5ccccc5cc5c4ccc4ccccc45)c4ccccc34)n2)cc1. The van der Waals surface area contributed by atoms with Crippen molar-refractivity contribution in [1.29, 1.82) is 0 Å². The van der Waals surface area contributed by atoms with Crippen molar-refractivity contribution in [2.24, 2.45) is 0 Å². The van der Waals surface area contributed by atoms with Crippen LogP contribution in [0.15, 0.2) is 243 Å². The van der Waals surface area contributed by atoms with Crippen LogP contribution in [0.4, 0.5) is 0 Å². The van der Waals surface area contributed by atoms with E-state index in [1.807, 2.05) is 0 Å². The van der Waals surface area contributed by atoms with Gasteiger partial charge in [0.15, 0.2) is 5.82 Å². The van der Waals surface area contributed by atoms with Crippen LogP contribution in [0.5, 0.6) is 0 Å². The minimum Gasteiger partial charge on any atom is -0.228 e. The quantitative estimate of drug-likeness (QED) is 0.123. The van der Waals surface area contributed by atoms with Gasteiger partial charge in [-0.3, -0.25) is 0 Å². The lowest BCUT2D eigenvalue weighted by molar-refractivity contribution is 0.769. The highest BCUT2D eigenvalue weighted by atomic mass is 14.9. The molecule has 13 rings (SSSR count). The first-order valence-corrected chi connectivity index (χ1v) is 22.4. The molecule has 2 nitrogen and oxygen atoms in total. The fourth-order valence-corrected chi connectivity index (χ4v) is 11.0. The lowest BCUT2D eigenvalue weighted by atomic mass is 9.66. The Morgan fingerprint density at radius 1 is 0.292 bits per heavy atom. The average Bonchev–Trinajstić information content (AvgIpc) is 3.69. The molecule has 0 amide bonds. The molecule has 0 atom stereocenters. The zero-order valence-electron chi connectivity index (χ0n) is 35.5. The third-order valence-electron chi connectivity index (χ3n) is 13.7. The molecular formula is C63H40N2. The summed E-state index contributed by atoms with van der Waals surface area (Å²) in [5.74, 6) is 0.691. The van der Waals surface area contributed by atoms with E-state index in [0.717, 1.165) is 33.5 Å². The van der Waals surface area contributed by atoms with E-state index in [9.17, 15) is 0 Å². The maximum atomic E-state index is 5.52. The van der Waals surface area contributed by atoms with Gasteiger partial charge in [0, 0.05) is 16.7 Å². The highest BCUT2D eigenvalue weighted by molar-refractivity contribution is 6.23. The molecule has 0 fully saturated rings. The van der Waals surface area contributed by atoms with E-state index in [2.05, 4.69) is 243 Å². The molecule has 0 N–H and O–H groups in total. The molecule has 0 unspecified atom stereocenters. The van der Waals surface area contributed by atoms with Gasteiger partial charge in [-0.2, -0.15) is 0 Å².